The van der Waals surface area contributed by atoms with Gasteiger partial charge in [0.05, 0.1) is 12.9 Å². The molecule has 17 heavy (non-hydrogen) atoms. The van der Waals surface area contributed by atoms with E-state index in [1.54, 1.807) is 24.3 Å². The van der Waals surface area contributed by atoms with Gasteiger partial charge in [-0.1, -0.05) is 0 Å². The molecule has 1 aromatic rings. The number of rotatable bonds is 7. The molecule has 0 saturated heterocycles. The van der Waals surface area contributed by atoms with E-state index in [-0.39, 0.29) is 0 Å². The SMILES string of the molecule is CNCCCOc1ccc(NS(C)(=O)=O)cc1. The highest BCUT2D eigenvalue weighted by atomic mass is 32.2. The van der Waals surface area contributed by atoms with E-state index in [2.05, 4.69) is 10.0 Å². The fourth-order valence-electron chi connectivity index (χ4n) is 1.27. The van der Waals surface area contributed by atoms with Gasteiger partial charge in [-0.2, -0.15) is 0 Å². The van der Waals surface area contributed by atoms with Gasteiger partial charge in [0, 0.05) is 5.69 Å². The Morgan fingerprint density at radius 3 is 2.41 bits per heavy atom. The molecule has 0 aliphatic rings. The lowest BCUT2D eigenvalue weighted by Crippen LogP contribution is -2.11. The molecule has 0 spiro atoms. The third-order valence-corrected chi connectivity index (χ3v) is 2.60. The summed E-state index contributed by atoms with van der Waals surface area (Å²) in [5.74, 6) is 0.736. The summed E-state index contributed by atoms with van der Waals surface area (Å²) in [6.45, 7) is 1.55. The van der Waals surface area contributed by atoms with Crippen LogP contribution in [0.15, 0.2) is 24.3 Å². The van der Waals surface area contributed by atoms with Crippen molar-refractivity contribution in [2.24, 2.45) is 0 Å². The van der Waals surface area contributed by atoms with Gasteiger partial charge in [0.15, 0.2) is 0 Å². The highest BCUT2D eigenvalue weighted by Crippen LogP contribution is 2.16. The van der Waals surface area contributed by atoms with E-state index in [0.717, 1.165) is 25.0 Å². The third kappa shape index (κ3) is 6.13. The molecule has 0 aromatic heterocycles. The van der Waals surface area contributed by atoms with Crippen molar-refractivity contribution in [2.45, 2.75) is 6.42 Å². The Labute approximate surface area is 102 Å². The maximum Gasteiger partial charge on any atom is 0.229 e. The number of benzene rings is 1. The van der Waals surface area contributed by atoms with Crippen molar-refractivity contribution in [3.63, 3.8) is 0 Å². The molecule has 0 aliphatic carbocycles. The van der Waals surface area contributed by atoms with Crippen LogP contribution in [0.25, 0.3) is 0 Å². The van der Waals surface area contributed by atoms with Gasteiger partial charge in [0.2, 0.25) is 10.0 Å². The van der Waals surface area contributed by atoms with Gasteiger partial charge in [-0.05, 0) is 44.3 Å². The standard InChI is InChI=1S/C11H18N2O3S/c1-12-8-3-9-16-11-6-4-10(5-7-11)13-17(2,14)15/h4-7,12-13H,3,8-9H2,1-2H3. The summed E-state index contributed by atoms with van der Waals surface area (Å²) in [5, 5.41) is 3.03. The quantitative estimate of drug-likeness (QED) is 0.717. The molecule has 96 valence electrons. The highest BCUT2D eigenvalue weighted by Gasteiger charge is 2.01. The molecule has 1 aromatic carbocycles. The Balaban J connectivity index is 2.45. The minimum Gasteiger partial charge on any atom is -0.494 e. The Morgan fingerprint density at radius 1 is 1.24 bits per heavy atom. The first-order valence-corrected chi connectivity index (χ1v) is 7.25. The second kappa shape index (κ2) is 6.46. The summed E-state index contributed by atoms with van der Waals surface area (Å²) < 4.78 is 29.8. The summed E-state index contributed by atoms with van der Waals surface area (Å²) >= 11 is 0. The van der Waals surface area contributed by atoms with Crippen molar-refractivity contribution in [1.82, 2.24) is 5.32 Å². The van der Waals surface area contributed by atoms with Crippen LogP contribution in [-0.2, 0) is 10.0 Å². The van der Waals surface area contributed by atoms with E-state index in [1.165, 1.54) is 0 Å². The van der Waals surface area contributed by atoms with Crippen LogP contribution < -0.4 is 14.8 Å². The number of anilines is 1. The first-order chi connectivity index (χ1) is 8.01. The second-order valence-corrected chi connectivity index (χ2v) is 5.45. The van der Waals surface area contributed by atoms with Gasteiger partial charge in [-0.3, -0.25) is 4.72 Å². The zero-order valence-electron chi connectivity index (χ0n) is 10.1. The van der Waals surface area contributed by atoms with Crippen LogP contribution in [0, 0.1) is 0 Å². The summed E-state index contributed by atoms with van der Waals surface area (Å²) in [5.41, 5.74) is 0.537. The van der Waals surface area contributed by atoms with Crippen molar-refractivity contribution in [1.29, 1.82) is 0 Å². The molecular formula is C11H18N2O3S. The summed E-state index contributed by atoms with van der Waals surface area (Å²) in [7, 11) is -1.32. The first-order valence-electron chi connectivity index (χ1n) is 5.36. The molecule has 0 radical (unpaired) electrons. The van der Waals surface area contributed by atoms with Gasteiger partial charge in [-0.25, -0.2) is 8.42 Å². The summed E-state index contributed by atoms with van der Waals surface area (Å²) in [6, 6.07) is 6.84. The largest absolute Gasteiger partial charge is 0.494 e. The predicted octanol–water partition coefficient (Wildman–Crippen LogP) is 1.05. The van der Waals surface area contributed by atoms with Crippen LogP contribution in [-0.4, -0.2) is 34.9 Å². The van der Waals surface area contributed by atoms with Crippen LogP contribution >= 0.6 is 0 Å². The molecular weight excluding hydrogens is 240 g/mol. The van der Waals surface area contributed by atoms with Gasteiger partial charge < -0.3 is 10.1 Å². The molecule has 1 rings (SSSR count). The van der Waals surface area contributed by atoms with E-state index in [9.17, 15) is 8.42 Å². The lowest BCUT2D eigenvalue weighted by atomic mass is 10.3. The molecule has 0 heterocycles. The van der Waals surface area contributed by atoms with Crippen LogP contribution in [0.3, 0.4) is 0 Å². The number of ether oxygens (including phenoxy) is 1. The molecule has 0 amide bonds. The van der Waals surface area contributed by atoms with Crippen molar-refractivity contribution in [3.8, 4) is 5.75 Å². The second-order valence-electron chi connectivity index (χ2n) is 3.70. The van der Waals surface area contributed by atoms with E-state index in [0.29, 0.717) is 12.3 Å². The molecule has 0 bridgehead atoms. The number of sulfonamides is 1. The molecule has 0 fully saturated rings. The van der Waals surface area contributed by atoms with Gasteiger partial charge in [0.1, 0.15) is 5.75 Å². The molecule has 0 saturated carbocycles. The monoisotopic (exact) mass is 258 g/mol. The molecule has 2 N–H and O–H groups in total. The minimum absolute atomic E-state index is 0.537. The lowest BCUT2D eigenvalue weighted by molar-refractivity contribution is 0.310. The van der Waals surface area contributed by atoms with Crippen molar-refractivity contribution >= 4 is 15.7 Å². The van der Waals surface area contributed by atoms with Crippen LogP contribution in [0.1, 0.15) is 6.42 Å². The summed E-state index contributed by atoms with van der Waals surface area (Å²) in [6.07, 6.45) is 2.05. The molecule has 0 aliphatic heterocycles. The smallest absolute Gasteiger partial charge is 0.229 e. The maximum absolute atomic E-state index is 11.0. The van der Waals surface area contributed by atoms with Gasteiger partial charge >= 0.3 is 0 Å². The minimum atomic E-state index is -3.21. The van der Waals surface area contributed by atoms with Crippen LogP contribution in [0.4, 0.5) is 5.69 Å². The zero-order chi connectivity index (χ0) is 12.7. The number of hydrogen-bond acceptors (Lipinski definition) is 4. The van der Waals surface area contributed by atoms with Gasteiger partial charge in [-0.15, -0.1) is 0 Å². The fourth-order valence-corrected chi connectivity index (χ4v) is 1.84. The van der Waals surface area contributed by atoms with Gasteiger partial charge in [0.25, 0.3) is 0 Å². The average molecular weight is 258 g/mol. The van der Waals surface area contributed by atoms with E-state index >= 15 is 0 Å². The topological polar surface area (TPSA) is 67.4 Å². The van der Waals surface area contributed by atoms with E-state index in [1.807, 2.05) is 7.05 Å². The van der Waals surface area contributed by atoms with Crippen molar-refractivity contribution < 1.29 is 13.2 Å². The highest BCUT2D eigenvalue weighted by molar-refractivity contribution is 7.92. The van der Waals surface area contributed by atoms with Crippen LogP contribution in [0.2, 0.25) is 0 Å². The number of hydrogen-bond donors (Lipinski definition) is 2. The Kier molecular flexibility index (Phi) is 5.24. The lowest BCUT2D eigenvalue weighted by Gasteiger charge is -2.07. The Morgan fingerprint density at radius 2 is 1.88 bits per heavy atom. The molecule has 6 heteroatoms. The Hall–Kier alpha value is -1.27. The molecule has 0 unspecified atom stereocenters. The third-order valence-electron chi connectivity index (χ3n) is 2.00. The Bertz CT molecular complexity index is 429. The van der Waals surface area contributed by atoms with Crippen LogP contribution in [0.5, 0.6) is 5.75 Å². The average Bonchev–Trinajstić information content (AvgIpc) is 2.25. The predicted molar refractivity (Wildman–Crippen MR) is 68.9 cm³/mol. The fraction of sp³-hybridized carbons (Fsp3) is 0.455. The normalized spacial score (nSPS) is 11.2. The molecule has 5 nitrogen and oxygen atoms in total. The van der Waals surface area contributed by atoms with Crippen molar-refractivity contribution in [2.75, 3.05) is 31.2 Å². The summed E-state index contributed by atoms with van der Waals surface area (Å²) in [4.78, 5) is 0. The van der Waals surface area contributed by atoms with Crippen molar-refractivity contribution in [3.05, 3.63) is 24.3 Å². The van der Waals surface area contributed by atoms with E-state index in [4.69, 9.17) is 4.74 Å². The first kappa shape index (κ1) is 13.8. The number of nitrogens with one attached hydrogen (secondary N) is 2. The molecule has 0 atom stereocenters. The maximum atomic E-state index is 11.0. The van der Waals surface area contributed by atoms with E-state index < -0.39 is 10.0 Å². The zero-order valence-corrected chi connectivity index (χ0v) is 10.9.